The molecule has 0 N–H and O–H groups in total. The van der Waals surface area contributed by atoms with Gasteiger partial charge in [-0.05, 0) is 19.1 Å². The van der Waals surface area contributed by atoms with Gasteiger partial charge in [0.1, 0.15) is 5.69 Å². The predicted octanol–water partition coefficient (Wildman–Crippen LogP) is 2.01. The Labute approximate surface area is 118 Å². The Morgan fingerprint density at radius 1 is 1.55 bits per heavy atom. The first-order valence-corrected chi connectivity index (χ1v) is 5.94. The first-order valence-electron chi connectivity index (χ1n) is 5.56. The van der Waals surface area contributed by atoms with Crippen molar-refractivity contribution in [1.82, 2.24) is 15.0 Å². The average Bonchev–Trinajstić information content (AvgIpc) is 2.88. The number of hydrogen-bond acceptors (Lipinski definition) is 6. The molecule has 2 aromatic rings. The van der Waals surface area contributed by atoms with Crippen LogP contribution in [0.2, 0.25) is 5.02 Å². The smallest absolute Gasteiger partial charge is 0.360 e. The largest absolute Gasteiger partial charge is 0.461 e. The van der Waals surface area contributed by atoms with Crippen LogP contribution in [0.15, 0.2) is 24.4 Å². The van der Waals surface area contributed by atoms with E-state index >= 15 is 0 Å². The second-order valence-corrected chi connectivity index (χ2v) is 4.10. The van der Waals surface area contributed by atoms with Crippen LogP contribution in [-0.2, 0) is 4.74 Å². The highest BCUT2D eigenvalue weighted by Crippen LogP contribution is 2.25. The summed E-state index contributed by atoms with van der Waals surface area (Å²) in [5, 5.41) is 18.5. The van der Waals surface area contributed by atoms with E-state index in [0.717, 1.165) is 4.68 Å². The van der Waals surface area contributed by atoms with E-state index in [9.17, 15) is 14.9 Å². The quantitative estimate of drug-likeness (QED) is 0.486. The van der Waals surface area contributed by atoms with Crippen LogP contribution in [0, 0.1) is 10.1 Å². The molecule has 0 fully saturated rings. The van der Waals surface area contributed by atoms with Crippen LogP contribution in [-0.4, -0.2) is 32.5 Å². The number of hydrogen-bond donors (Lipinski definition) is 0. The Kier molecular flexibility index (Phi) is 3.94. The topological polar surface area (TPSA) is 100 Å². The van der Waals surface area contributed by atoms with E-state index in [-0.39, 0.29) is 28.7 Å². The molecule has 0 amide bonds. The molecule has 0 aliphatic heterocycles. The van der Waals surface area contributed by atoms with Gasteiger partial charge in [-0.25, -0.2) is 9.48 Å². The molecule has 2 rings (SSSR count). The lowest BCUT2D eigenvalue weighted by Gasteiger charge is -2.01. The Morgan fingerprint density at radius 2 is 2.30 bits per heavy atom. The molecule has 20 heavy (non-hydrogen) atoms. The molecule has 0 spiro atoms. The van der Waals surface area contributed by atoms with Crippen molar-refractivity contribution in [3.05, 3.63) is 45.2 Å². The van der Waals surface area contributed by atoms with Gasteiger partial charge < -0.3 is 4.74 Å². The van der Waals surface area contributed by atoms with Crippen LogP contribution in [0.5, 0.6) is 0 Å². The molecule has 1 aromatic carbocycles. The minimum absolute atomic E-state index is 0.0314. The van der Waals surface area contributed by atoms with Gasteiger partial charge in [0.15, 0.2) is 5.69 Å². The Hall–Kier alpha value is -2.48. The third-order valence-corrected chi connectivity index (χ3v) is 2.59. The summed E-state index contributed by atoms with van der Waals surface area (Å²) < 4.78 is 5.89. The van der Waals surface area contributed by atoms with Crippen LogP contribution in [0.1, 0.15) is 17.4 Å². The summed E-state index contributed by atoms with van der Waals surface area (Å²) in [6.45, 7) is 1.86. The molecular formula is C11H9ClN4O4. The summed E-state index contributed by atoms with van der Waals surface area (Å²) in [6, 6.07) is 4.10. The van der Waals surface area contributed by atoms with Crippen molar-refractivity contribution in [1.29, 1.82) is 0 Å². The zero-order valence-corrected chi connectivity index (χ0v) is 11.1. The molecular weight excluding hydrogens is 288 g/mol. The molecule has 104 valence electrons. The van der Waals surface area contributed by atoms with Gasteiger partial charge in [-0.15, -0.1) is 5.10 Å². The average molecular weight is 297 g/mol. The maximum Gasteiger partial charge on any atom is 0.360 e. The molecule has 0 aliphatic carbocycles. The van der Waals surface area contributed by atoms with E-state index in [2.05, 4.69) is 10.3 Å². The van der Waals surface area contributed by atoms with Crippen molar-refractivity contribution in [2.24, 2.45) is 0 Å². The molecule has 0 bridgehead atoms. The van der Waals surface area contributed by atoms with Gasteiger partial charge >= 0.3 is 5.97 Å². The number of rotatable bonds is 4. The SMILES string of the molecule is CCOC(=O)c1cn(-c2ccc(Cl)cc2[N+](=O)[O-])nn1. The molecule has 0 saturated heterocycles. The monoisotopic (exact) mass is 296 g/mol. The fraction of sp³-hybridized carbons (Fsp3) is 0.182. The van der Waals surface area contributed by atoms with Crippen LogP contribution in [0.3, 0.4) is 0 Å². The lowest BCUT2D eigenvalue weighted by molar-refractivity contribution is -0.384. The lowest BCUT2D eigenvalue weighted by atomic mass is 10.2. The van der Waals surface area contributed by atoms with E-state index in [1.807, 2.05) is 0 Å². The lowest BCUT2D eigenvalue weighted by Crippen LogP contribution is -2.04. The zero-order valence-electron chi connectivity index (χ0n) is 10.3. The van der Waals surface area contributed by atoms with Gasteiger partial charge in [0.25, 0.3) is 5.69 Å². The predicted molar refractivity (Wildman–Crippen MR) is 69.0 cm³/mol. The number of nitro groups is 1. The van der Waals surface area contributed by atoms with E-state index in [0.29, 0.717) is 0 Å². The van der Waals surface area contributed by atoms with Gasteiger partial charge in [0.05, 0.1) is 17.7 Å². The number of carbonyl (C=O) groups is 1. The molecule has 8 nitrogen and oxygen atoms in total. The maximum atomic E-state index is 11.5. The maximum absolute atomic E-state index is 11.5. The molecule has 0 atom stereocenters. The van der Waals surface area contributed by atoms with Crippen molar-refractivity contribution in [3.8, 4) is 5.69 Å². The second kappa shape index (κ2) is 5.66. The standard InChI is InChI=1S/C11H9ClN4O4/c1-2-20-11(17)8-6-15(14-13-8)9-4-3-7(12)5-10(9)16(18)19/h3-6H,2H2,1H3. The molecule has 9 heteroatoms. The van der Waals surface area contributed by atoms with Gasteiger partial charge in [0, 0.05) is 11.1 Å². The molecule has 1 aromatic heterocycles. The molecule has 0 unspecified atom stereocenters. The fourth-order valence-electron chi connectivity index (χ4n) is 1.52. The summed E-state index contributed by atoms with van der Waals surface area (Å²) in [6.07, 6.45) is 1.26. The van der Waals surface area contributed by atoms with Crippen molar-refractivity contribution in [2.75, 3.05) is 6.61 Å². The normalized spacial score (nSPS) is 10.3. The number of halogens is 1. The minimum Gasteiger partial charge on any atom is -0.461 e. The third kappa shape index (κ3) is 2.75. The highest BCUT2D eigenvalue weighted by atomic mass is 35.5. The number of carbonyl (C=O) groups excluding carboxylic acids is 1. The van der Waals surface area contributed by atoms with E-state index < -0.39 is 10.9 Å². The first-order chi connectivity index (χ1) is 9.52. The second-order valence-electron chi connectivity index (χ2n) is 3.66. The van der Waals surface area contributed by atoms with E-state index in [4.69, 9.17) is 16.3 Å². The molecule has 0 saturated carbocycles. The van der Waals surface area contributed by atoms with Crippen molar-refractivity contribution in [3.63, 3.8) is 0 Å². The number of nitro benzene ring substituents is 1. The summed E-state index contributed by atoms with van der Waals surface area (Å²) in [5.74, 6) is -0.643. The van der Waals surface area contributed by atoms with Gasteiger partial charge in [-0.3, -0.25) is 10.1 Å². The third-order valence-electron chi connectivity index (χ3n) is 2.36. The van der Waals surface area contributed by atoms with Crippen LogP contribution >= 0.6 is 11.6 Å². The summed E-state index contributed by atoms with van der Waals surface area (Å²) >= 11 is 5.72. The Bertz CT molecular complexity index is 670. The van der Waals surface area contributed by atoms with E-state index in [1.54, 1.807) is 6.92 Å². The van der Waals surface area contributed by atoms with E-state index in [1.165, 1.54) is 24.4 Å². The van der Waals surface area contributed by atoms with Gasteiger partial charge in [-0.1, -0.05) is 16.8 Å². The highest BCUT2D eigenvalue weighted by molar-refractivity contribution is 6.30. The first kappa shape index (κ1) is 13.9. The number of esters is 1. The fourth-order valence-corrected chi connectivity index (χ4v) is 1.68. The molecule has 0 radical (unpaired) electrons. The summed E-state index contributed by atoms with van der Waals surface area (Å²) in [4.78, 5) is 21.9. The molecule has 0 aliphatic rings. The number of aromatic nitrogens is 3. The van der Waals surface area contributed by atoms with Crippen LogP contribution in [0.4, 0.5) is 5.69 Å². The van der Waals surface area contributed by atoms with Gasteiger partial charge in [0.2, 0.25) is 0 Å². The zero-order chi connectivity index (χ0) is 14.7. The van der Waals surface area contributed by atoms with Crippen molar-refractivity contribution < 1.29 is 14.5 Å². The summed E-state index contributed by atoms with van der Waals surface area (Å²) in [7, 11) is 0. The van der Waals surface area contributed by atoms with Gasteiger partial charge in [-0.2, -0.15) is 0 Å². The highest BCUT2D eigenvalue weighted by Gasteiger charge is 2.19. The minimum atomic E-state index is -0.643. The van der Waals surface area contributed by atoms with Crippen LogP contribution in [0.25, 0.3) is 5.69 Å². The Balaban J connectivity index is 2.42. The Morgan fingerprint density at radius 3 is 2.95 bits per heavy atom. The number of ether oxygens (including phenoxy) is 1. The van der Waals surface area contributed by atoms with Crippen molar-refractivity contribution in [2.45, 2.75) is 6.92 Å². The number of nitrogens with zero attached hydrogens (tertiary/aromatic N) is 4. The molecule has 1 heterocycles. The summed E-state index contributed by atoms with van der Waals surface area (Å²) in [5.41, 5.74) is -0.114. The van der Waals surface area contributed by atoms with Crippen LogP contribution < -0.4 is 0 Å². The number of benzene rings is 1. The van der Waals surface area contributed by atoms with Crippen molar-refractivity contribution >= 4 is 23.3 Å².